The smallest absolute Gasteiger partial charge is 0.165 e. The average Bonchev–Trinajstić information content (AvgIpc) is 3.87. The van der Waals surface area contributed by atoms with E-state index in [4.69, 9.17) is 15.0 Å². The van der Waals surface area contributed by atoms with Crippen molar-refractivity contribution in [1.82, 2.24) is 15.0 Å². The molecule has 2 aromatic heterocycles. The molecule has 0 radical (unpaired) electrons. The molecule has 0 unspecified atom stereocenters. The molecule has 0 saturated carbocycles. The molecule has 0 amide bonds. The Morgan fingerprint density at radius 2 is 0.820 bits per heavy atom. The molecule has 61 heavy (non-hydrogen) atoms. The molecule has 3 nitrogen and oxygen atoms in total. The van der Waals surface area contributed by atoms with Crippen molar-refractivity contribution in [3.8, 4) is 78.7 Å². The van der Waals surface area contributed by atoms with E-state index in [0.717, 1.165) is 22.3 Å². The van der Waals surface area contributed by atoms with Crippen molar-refractivity contribution in [3.63, 3.8) is 0 Å². The Kier molecular flexibility index (Phi) is 7.79. The van der Waals surface area contributed by atoms with Crippen molar-refractivity contribution in [2.75, 3.05) is 0 Å². The fraction of sp³-hybridized carbons (Fsp3) is 0.105. The van der Waals surface area contributed by atoms with Crippen LogP contribution in [-0.2, 0) is 10.8 Å². The van der Waals surface area contributed by atoms with Gasteiger partial charge in [0.2, 0.25) is 0 Å². The second kappa shape index (κ2) is 13.2. The van der Waals surface area contributed by atoms with Gasteiger partial charge in [0.25, 0.3) is 0 Å². The fourth-order valence-corrected chi connectivity index (χ4v) is 11.3. The molecule has 8 aromatic carbocycles. The Bertz CT molecular complexity index is 3400. The van der Waals surface area contributed by atoms with E-state index in [9.17, 15) is 0 Å². The lowest BCUT2D eigenvalue weighted by Crippen LogP contribution is -2.16. The van der Waals surface area contributed by atoms with Crippen LogP contribution in [0.1, 0.15) is 49.9 Å². The summed E-state index contributed by atoms with van der Waals surface area (Å²) in [7, 11) is 0. The van der Waals surface area contributed by atoms with Crippen LogP contribution in [0.15, 0.2) is 176 Å². The van der Waals surface area contributed by atoms with Crippen molar-refractivity contribution in [1.29, 1.82) is 0 Å². The van der Waals surface area contributed by atoms with Crippen LogP contribution < -0.4 is 0 Å². The Morgan fingerprint density at radius 3 is 1.54 bits per heavy atom. The van der Waals surface area contributed by atoms with Gasteiger partial charge in [-0.2, -0.15) is 0 Å². The number of hydrogen-bond donors (Lipinski definition) is 0. The third-order valence-corrected chi connectivity index (χ3v) is 14.6. The van der Waals surface area contributed by atoms with Gasteiger partial charge in [-0.25, -0.2) is 15.0 Å². The van der Waals surface area contributed by atoms with Gasteiger partial charge in [0.15, 0.2) is 17.5 Å². The summed E-state index contributed by atoms with van der Waals surface area (Å²) >= 11 is 1.81. The standard InChI is InChI=1S/C57H41N3S/c1-56(2)47-21-12-11-18-40(47)44-32-50-45(33-49(44)56)43-30-38(26-28-48(43)57(50,3)4)39-27-29-51-46(31-39)41-19-13-20-42(52(41)61-51)55-59-53(36-16-9-6-10-17-36)58-54(60-55)37-24-22-35(23-25-37)34-14-7-5-8-15-34/h5-33H,1-4H3. The van der Waals surface area contributed by atoms with Gasteiger partial charge in [-0.3, -0.25) is 0 Å². The molecule has 4 heteroatoms. The normalized spacial score (nSPS) is 14.2. The van der Waals surface area contributed by atoms with Gasteiger partial charge in [-0.1, -0.05) is 167 Å². The first kappa shape index (κ1) is 35.9. The fourth-order valence-electron chi connectivity index (χ4n) is 10.1. The molecule has 0 bridgehead atoms. The lowest BCUT2D eigenvalue weighted by molar-refractivity contribution is 0.652. The van der Waals surface area contributed by atoms with E-state index in [2.05, 4.69) is 179 Å². The zero-order valence-electron chi connectivity index (χ0n) is 34.5. The molecule has 12 rings (SSSR count). The monoisotopic (exact) mass is 799 g/mol. The van der Waals surface area contributed by atoms with E-state index < -0.39 is 0 Å². The molecular weight excluding hydrogens is 759 g/mol. The number of nitrogens with zero attached hydrogens (tertiary/aromatic N) is 3. The van der Waals surface area contributed by atoms with Gasteiger partial charge >= 0.3 is 0 Å². The first-order valence-corrected chi connectivity index (χ1v) is 21.9. The molecule has 0 aliphatic heterocycles. The van der Waals surface area contributed by atoms with E-state index in [1.54, 1.807) is 11.3 Å². The summed E-state index contributed by atoms with van der Waals surface area (Å²) in [6.45, 7) is 9.52. The Morgan fingerprint density at radius 1 is 0.328 bits per heavy atom. The van der Waals surface area contributed by atoms with Crippen molar-refractivity contribution >= 4 is 31.5 Å². The maximum absolute atomic E-state index is 5.18. The molecule has 2 aliphatic rings. The third kappa shape index (κ3) is 5.52. The molecule has 0 saturated heterocycles. The number of aromatic nitrogens is 3. The molecular formula is C57H41N3S. The van der Waals surface area contributed by atoms with Gasteiger partial charge in [0, 0.05) is 47.7 Å². The first-order chi connectivity index (χ1) is 29.7. The van der Waals surface area contributed by atoms with Gasteiger partial charge < -0.3 is 0 Å². The predicted octanol–water partition coefficient (Wildman–Crippen LogP) is 15.2. The Hall–Kier alpha value is -7.01. The number of benzene rings is 8. The van der Waals surface area contributed by atoms with E-state index >= 15 is 0 Å². The third-order valence-electron chi connectivity index (χ3n) is 13.4. The highest BCUT2D eigenvalue weighted by atomic mass is 32.1. The second-order valence-corrected chi connectivity index (χ2v) is 18.7. The van der Waals surface area contributed by atoms with Crippen LogP contribution in [-0.4, -0.2) is 15.0 Å². The van der Waals surface area contributed by atoms with Crippen molar-refractivity contribution in [3.05, 3.63) is 198 Å². The molecule has 0 atom stereocenters. The first-order valence-electron chi connectivity index (χ1n) is 21.1. The quantitative estimate of drug-likeness (QED) is 0.174. The molecule has 0 N–H and O–H groups in total. The van der Waals surface area contributed by atoms with Crippen molar-refractivity contribution in [2.45, 2.75) is 38.5 Å². The summed E-state index contributed by atoms with van der Waals surface area (Å²) in [5.74, 6) is 1.99. The summed E-state index contributed by atoms with van der Waals surface area (Å²) < 4.78 is 2.41. The molecule has 0 fully saturated rings. The van der Waals surface area contributed by atoms with E-state index in [-0.39, 0.29) is 10.8 Å². The van der Waals surface area contributed by atoms with E-state index in [0.29, 0.717) is 17.5 Å². The van der Waals surface area contributed by atoms with Gasteiger partial charge in [-0.05, 0) is 103 Å². The SMILES string of the molecule is CC1(C)c2ccccc2-c2cc3c(cc21)-c1cc(-c2ccc4sc5c(-c6nc(-c7ccccc7)nc(-c7ccc(-c8ccccc8)cc7)n6)cccc5c4c2)ccc1C3(C)C. The summed E-state index contributed by atoms with van der Waals surface area (Å²) in [5, 5.41) is 2.45. The van der Waals surface area contributed by atoms with E-state index in [1.165, 1.54) is 81.4 Å². The summed E-state index contributed by atoms with van der Waals surface area (Å²) in [5.41, 5.74) is 18.7. The minimum atomic E-state index is -0.0926. The number of hydrogen-bond acceptors (Lipinski definition) is 4. The van der Waals surface area contributed by atoms with Gasteiger partial charge in [0.1, 0.15) is 0 Å². The molecule has 290 valence electrons. The summed E-state index contributed by atoms with van der Waals surface area (Å²) in [6, 6.07) is 63.8. The lowest BCUT2D eigenvalue weighted by Gasteiger charge is -2.24. The zero-order valence-corrected chi connectivity index (χ0v) is 35.3. The maximum atomic E-state index is 5.18. The highest BCUT2D eigenvalue weighted by Gasteiger charge is 2.41. The van der Waals surface area contributed by atoms with Crippen molar-refractivity contribution in [2.24, 2.45) is 0 Å². The van der Waals surface area contributed by atoms with Crippen LogP contribution in [0.25, 0.3) is 98.8 Å². The summed E-state index contributed by atoms with van der Waals surface area (Å²) in [6.07, 6.45) is 0. The maximum Gasteiger partial charge on any atom is 0.165 e. The Balaban J connectivity index is 0.956. The lowest BCUT2D eigenvalue weighted by atomic mass is 9.79. The number of fused-ring (bicyclic) bond motifs is 9. The molecule has 0 spiro atoms. The molecule has 10 aromatic rings. The van der Waals surface area contributed by atoms with Crippen molar-refractivity contribution < 1.29 is 0 Å². The van der Waals surface area contributed by atoms with Crippen LogP contribution in [0.3, 0.4) is 0 Å². The topological polar surface area (TPSA) is 38.7 Å². The second-order valence-electron chi connectivity index (χ2n) is 17.6. The van der Waals surface area contributed by atoms with Gasteiger partial charge in [-0.15, -0.1) is 11.3 Å². The minimum absolute atomic E-state index is 0.0461. The largest absolute Gasteiger partial charge is 0.208 e. The van der Waals surface area contributed by atoms with Crippen LogP contribution in [0.5, 0.6) is 0 Å². The van der Waals surface area contributed by atoms with Crippen LogP contribution in [0.4, 0.5) is 0 Å². The minimum Gasteiger partial charge on any atom is -0.208 e. The predicted molar refractivity (Wildman–Crippen MR) is 255 cm³/mol. The van der Waals surface area contributed by atoms with Crippen LogP contribution >= 0.6 is 11.3 Å². The average molecular weight is 800 g/mol. The Labute approximate surface area is 360 Å². The van der Waals surface area contributed by atoms with E-state index in [1.807, 2.05) is 24.3 Å². The van der Waals surface area contributed by atoms with Crippen LogP contribution in [0, 0.1) is 0 Å². The molecule has 2 heterocycles. The number of thiophene rings is 1. The highest BCUT2D eigenvalue weighted by Crippen LogP contribution is 2.56. The number of rotatable bonds is 5. The zero-order chi connectivity index (χ0) is 41.0. The van der Waals surface area contributed by atoms with Crippen LogP contribution in [0.2, 0.25) is 0 Å². The highest BCUT2D eigenvalue weighted by molar-refractivity contribution is 7.26. The van der Waals surface area contributed by atoms with Gasteiger partial charge in [0.05, 0.1) is 0 Å². The summed E-state index contributed by atoms with van der Waals surface area (Å²) in [4.78, 5) is 15.3. The molecule has 2 aliphatic carbocycles.